The summed E-state index contributed by atoms with van der Waals surface area (Å²) >= 11 is 6.35. The van der Waals surface area contributed by atoms with Crippen LogP contribution in [0.2, 0.25) is 5.02 Å². The largest absolute Gasteiger partial charge is 0.260 e. The van der Waals surface area contributed by atoms with Crippen molar-refractivity contribution < 1.29 is 0 Å². The van der Waals surface area contributed by atoms with Gasteiger partial charge in [0.15, 0.2) is 0 Å². The Morgan fingerprint density at radius 3 is 2.68 bits per heavy atom. The highest BCUT2D eigenvalue weighted by Crippen LogP contribution is 2.36. The van der Waals surface area contributed by atoms with Crippen molar-refractivity contribution in [2.24, 2.45) is 10.3 Å². The van der Waals surface area contributed by atoms with Crippen LogP contribution < -0.4 is 5.43 Å². The first-order valence-electron chi connectivity index (χ1n) is 7.89. The third-order valence-corrected chi connectivity index (χ3v) is 6.15. The average molecular weight is 388 g/mol. The van der Waals surface area contributed by atoms with E-state index < -0.39 is 0 Å². The van der Waals surface area contributed by atoms with Crippen molar-refractivity contribution in [3.63, 3.8) is 0 Å². The number of hydrogen-bond acceptors (Lipinski definition) is 4. The molecule has 0 aliphatic heterocycles. The van der Waals surface area contributed by atoms with Crippen molar-refractivity contribution in [1.29, 1.82) is 0 Å². The summed E-state index contributed by atoms with van der Waals surface area (Å²) in [5.41, 5.74) is 5.11. The molecule has 0 bridgehead atoms. The van der Waals surface area contributed by atoms with Crippen molar-refractivity contribution in [3.8, 4) is 0 Å². The molecule has 0 saturated carbocycles. The second-order valence-electron chi connectivity index (χ2n) is 5.47. The van der Waals surface area contributed by atoms with Gasteiger partial charge in [-0.1, -0.05) is 80.4 Å². The van der Waals surface area contributed by atoms with E-state index in [4.69, 9.17) is 11.6 Å². The van der Waals surface area contributed by atoms with Gasteiger partial charge < -0.3 is 0 Å². The summed E-state index contributed by atoms with van der Waals surface area (Å²) in [6.07, 6.45) is 0. The summed E-state index contributed by atoms with van der Waals surface area (Å²) in [6, 6.07) is 20.4. The monoisotopic (exact) mass is 387 g/mol. The molecule has 0 radical (unpaired) electrons. The summed E-state index contributed by atoms with van der Waals surface area (Å²) < 4.78 is 0. The van der Waals surface area contributed by atoms with Gasteiger partial charge in [0, 0.05) is 21.1 Å². The molecule has 1 N–H and O–H groups in total. The average Bonchev–Trinajstić information content (AvgIpc) is 2.62. The maximum absolute atomic E-state index is 6.35. The zero-order valence-electron chi connectivity index (χ0n) is 13.8. The predicted octanol–water partition coefficient (Wildman–Crippen LogP) is 7.02. The molecule has 3 nitrogen and oxygen atoms in total. The molecule has 3 aromatic rings. The van der Waals surface area contributed by atoms with Crippen molar-refractivity contribution in [2.45, 2.75) is 11.8 Å². The summed E-state index contributed by atoms with van der Waals surface area (Å²) in [5, 5.41) is 11.2. The molecule has 0 aromatic heterocycles. The third kappa shape index (κ3) is 5.39. The van der Waals surface area contributed by atoms with Crippen LogP contribution in [0.5, 0.6) is 0 Å². The van der Waals surface area contributed by atoms with Gasteiger partial charge in [-0.15, -0.1) is 0 Å². The van der Waals surface area contributed by atoms with Crippen LogP contribution in [0.15, 0.2) is 75.9 Å². The molecule has 0 aliphatic carbocycles. The number of hydrogen-bond donors (Lipinski definition) is 1. The maximum atomic E-state index is 6.35. The summed E-state index contributed by atoms with van der Waals surface area (Å²) in [4.78, 5) is 1.16. The number of benzene rings is 3. The Labute approximate surface area is 160 Å². The summed E-state index contributed by atoms with van der Waals surface area (Å²) in [7, 11) is 3.46. The van der Waals surface area contributed by atoms with Crippen LogP contribution in [-0.2, 0) is 0 Å². The first-order chi connectivity index (χ1) is 12.2. The van der Waals surface area contributed by atoms with Crippen molar-refractivity contribution in [2.75, 3.05) is 17.7 Å². The molecule has 0 spiro atoms. The minimum atomic E-state index is 0.665. The molecule has 6 heteroatoms. The van der Waals surface area contributed by atoms with Crippen LogP contribution in [0.3, 0.4) is 0 Å². The van der Waals surface area contributed by atoms with E-state index in [2.05, 4.69) is 34.8 Å². The van der Waals surface area contributed by atoms with Gasteiger partial charge in [0.25, 0.3) is 0 Å². The molecule has 128 valence electrons. The molecule has 3 aromatic carbocycles. The van der Waals surface area contributed by atoms with E-state index in [0.717, 1.165) is 26.7 Å². The topological polar surface area (TPSA) is 36.8 Å². The van der Waals surface area contributed by atoms with Gasteiger partial charge in [-0.05, 0) is 36.6 Å². The summed E-state index contributed by atoms with van der Waals surface area (Å²) in [6.45, 7) is 2.72. The smallest absolute Gasteiger partial charge is 0.0719 e. The molecule has 3 rings (SSSR count). The molecule has 0 atom stereocenters. The van der Waals surface area contributed by atoms with Crippen molar-refractivity contribution in [1.82, 2.24) is 0 Å². The lowest BCUT2D eigenvalue weighted by Gasteiger charge is -2.05. The fraction of sp³-hybridized carbons (Fsp3) is 0.158. The molecular weight excluding hydrogens is 370 g/mol. The van der Waals surface area contributed by atoms with Crippen LogP contribution >= 0.6 is 33.2 Å². The molecule has 0 fully saturated rings. The number of anilines is 1. The van der Waals surface area contributed by atoms with Crippen LogP contribution in [0, 0.1) is 6.92 Å². The van der Waals surface area contributed by atoms with Gasteiger partial charge in [0.05, 0.1) is 12.2 Å². The maximum Gasteiger partial charge on any atom is 0.0719 e. The first-order valence-corrected chi connectivity index (χ1v) is 10.6. The highest BCUT2D eigenvalue weighted by molar-refractivity contribution is 8.76. The molecule has 0 heterocycles. The SMILES string of the molecule is Cc1ccc(NN=NCCSSc2cc(Cl)c3ccccc3c2)cc1. The lowest BCUT2D eigenvalue weighted by molar-refractivity contribution is 0.973. The summed E-state index contributed by atoms with van der Waals surface area (Å²) in [5.74, 6) is 0.883. The minimum absolute atomic E-state index is 0.665. The Morgan fingerprint density at radius 2 is 1.84 bits per heavy atom. The first kappa shape index (κ1) is 18.1. The standard InChI is InChI=1S/C19H18ClN3S2/c1-14-6-8-16(9-7-14)22-23-21-10-11-24-25-17-12-15-4-2-3-5-18(15)19(20)13-17/h2-9,12-13H,10-11H2,1H3,(H,21,22). The second-order valence-corrected chi connectivity index (χ2v) is 8.37. The van der Waals surface area contributed by atoms with E-state index in [1.165, 1.54) is 10.9 Å². The normalized spacial score (nSPS) is 11.3. The van der Waals surface area contributed by atoms with E-state index in [0.29, 0.717) is 6.54 Å². The lowest BCUT2D eigenvalue weighted by atomic mass is 10.1. The number of aryl methyl sites for hydroxylation is 1. The van der Waals surface area contributed by atoms with E-state index >= 15 is 0 Å². The molecule has 0 saturated heterocycles. The zero-order valence-corrected chi connectivity index (χ0v) is 16.2. The zero-order chi connectivity index (χ0) is 17.5. The molecule has 0 amide bonds. The van der Waals surface area contributed by atoms with Crippen LogP contribution in [0.25, 0.3) is 10.8 Å². The predicted molar refractivity (Wildman–Crippen MR) is 112 cm³/mol. The van der Waals surface area contributed by atoms with Crippen LogP contribution in [0.1, 0.15) is 5.56 Å². The van der Waals surface area contributed by atoms with Crippen LogP contribution in [0.4, 0.5) is 5.69 Å². The van der Waals surface area contributed by atoms with Gasteiger partial charge >= 0.3 is 0 Å². The number of fused-ring (bicyclic) bond motifs is 1. The van der Waals surface area contributed by atoms with E-state index in [9.17, 15) is 0 Å². The van der Waals surface area contributed by atoms with Gasteiger partial charge in [-0.25, -0.2) is 0 Å². The van der Waals surface area contributed by atoms with E-state index in [1.807, 2.05) is 48.5 Å². The highest BCUT2D eigenvalue weighted by Gasteiger charge is 2.03. The highest BCUT2D eigenvalue weighted by atomic mass is 35.5. The van der Waals surface area contributed by atoms with Gasteiger partial charge in [0.1, 0.15) is 0 Å². The fourth-order valence-corrected chi connectivity index (χ4v) is 4.49. The number of halogens is 1. The van der Waals surface area contributed by atoms with E-state index in [1.54, 1.807) is 21.6 Å². The van der Waals surface area contributed by atoms with Gasteiger partial charge in [-0.3, -0.25) is 5.43 Å². The van der Waals surface area contributed by atoms with Gasteiger partial charge in [0.2, 0.25) is 0 Å². The molecule has 0 unspecified atom stereocenters. The van der Waals surface area contributed by atoms with Crippen molar-refractivity contribution >= 4 is 49.6 Å². The van der Waals surface area contributed by atoms with Gasteiger partial charge in [-0.2, -0.15) is 5.11 Å². The Bertz CT molecular complexity index is 866. The Kier molecular flexibility index (Phi) is 6.62. The Hall–Kier alpha value is -1.69. The Morgan fingerprint density at radius 1 is 1.04 bits per heavy atom. The van der Waals surface area contributed by atoms with E-state index in [-0.39, 0.29) is 0 Å². The molecular formula is C19H18ClN3S2. The molecule has 0 aliphatic rings. The third-order valence-electron chi connectivity index (χ3n) is 3.52. The number of rotatable bonds is 7. The van der Waals surface area contributed by atoms with Crippen LogP contribution in [-0.4, -0.2) is 12.3 Å². The molecule has 25 heavy (non-hydrogen) atoms. The number of nitrogens with zero attached hydrogens (tertiary/aromatic N) is 2. The minimum Gasteiger partial charge on any atom is -0.260 e. The fourth-order valence-electron chi connectivity index (χ4n) is 2.25. The number of nitrogens with one attached hydrogen (secondary N) is 1. The second kappa shape index (κ2) is 9.13. The quantitative estimate of drug-likeness (QED) is 0.205. The Balaban J connectivity index is 1.42. The lowest BCUT2D eigenvalue weighted by Crippen LogP contribution is -1.89. The van der Waals surface area contributed by atoms with Crippen molar-refractivity contribution in [3.05, 3.63) is 71.2 Å².